The third-order valence-corrected chi connectivity index (χ3v) is 2.58. The molecule has 0 aliphatic rings. The second-order valence-electron chi connectivity index (χ2n) is 5.72. The van der Waals surface area contributed by atoms with Crippen molar-refractivity contribution in [1.82, 2.24) is 10.2 Å². The number of nitrogens with one attached hydrogen (secondary N) is 1. The average Bonchev–Trinajstić information content (AvgIpc) is 2.36. The lowest BCUT2D eigenvalue weighted by atomic mass is 10.1. The molecule has 0 saturated heterocycles. The number of oxime groups is 1. The van der Waals surface area contributed by atoms with Gasteiger partial charge in [0.15, 0.2) is 5.84 Å². The fraction of sp³-hybridized carbons (Fsp3) is 0.429. The molecule has 1 aromatic rings. The Morgan fingerprint density at radius 1 is 1.45 bits per heavy atom. The molecule has 0 heterocycles. The Labute approximate surface area is 119 Å². The van der Waals surface area contributed by atoms with Gasteiger partial charge in [-0.2, -0.15) is 0 Å². The summed E-state index contributed by atoms with van der Waals surface area (Å²) in [5, 5.41) is 14.5. The zero-order valence-corrected chi connectivity index (χ0v) is 12.3. The Morgan fingerprint density at radius 2 is 2.10 bits per heavy atom. The van der Waals surface area contributed by atoms with E-state index in [0.29, 0.717) is 12.1 Å². The van der Waals surface area contributed by atoms with Crippen molar-refractivity contribution in [1.29, 1.82) is 0 Å². The van der Waals surface area contributed by atoms with E-state index < -0.39 is 0 Å². The Morgan fingerprint density at radius 3 is 2.65 bits per heavy atom. The molecule has 6 nitrogen and oxygen atoms in total. The smallest absolute Gasteiger partial charge is 0.317 e. The predicted octanol–water partition coefficient (Wildman–Crippen LogP) is 1.72. The standard InChI is InChI=1S/C14H22N4O2/c1-14(2,3)16-13(19)18(4)9-10-6-5-7-11(8-10)12(15)17-20/h5-8,20H,9H2,1-4H3,(H2,15,17)(H,16,19). The Bertz CT molecular complexity index is 506. The van der Waals surface area contributed by atoms with Crippen molar-refractivity contribution < 1.29 is 10.0 Å². The van der Waals surface area contributed by atoms with Gasteiger partial charge in [-0.3, -0.25) is 0 Å². The number of nitrogens with zero attached hydrogens (tertiary/aromatic N) is 2. The number of nitrogens with two attached hydrogens (primary N) is 1. The maximum absolute atomic E-state index is 12.0. The number of rotatable bonds is 3. The first-order valence-electron chi connectivity index (χ1n) is 6.33. The van der Waals surface area contributed by atoms with Crippen LogP contribution in [0.5, 0.6) is 0 Å². The molecule has 0 radical (unpaired) electrons. The minimum absolute atomic E-state index is 0.0497. The van der Waals surface area contributed by atoms with E-state index in [-0.39, 0.29) is 17.4 Å². The normalized spacial score (nSPS) is 12.1. The van der Waals surface area contributed by atoms with Gasteiger partial charge >= 0.3 is 6.03 Å². The van der Waals surface area contributed by atoms with Gasteiger partial charge in [-0.05, 0) is 32.4 Å². The summed E-state index contributed by atoms with van der Waals surface area (Å²) in [7, 11) is 1.72. The van der Waals surface area contributed by atoms with Crippen LogP contribution >= 0.6 is 0 Å². The van der Waals surface area contributed by atoms with E-state index in [2.05, 4.69) is 10.5 Å². The molecule has 0 spiro atoms. The molecule has 0 atom stereocenters. The van der Waals surface area contributed by atoms with Crippen LogP contribution in [0, 0.1) is 0 Å². The summed E-state index contributed by atoms with van der Waals surface area (Å²) in [6, 6.07) is 7.07. The zero-order valence-electron chi connectivity index (χ0n) is 12.3. The van der Waals surface area contributed by atoms with Crippen LogP contribution in [0.25, 0.3) is 0 Å². The lowest BCUT2D eigenvalue weighted by molar-refractivity contribution is 0.197. The summed E-state index contributed by atoms with van der Waals surface area (Å²) >= 11 is 0. The molecule has 6 heteroatoms. The zero-order chi connectivity index (χ0) is 15.3. The fourth-order valence-corrected chi connectivity index (χ4v) is 1.65. The topological polar surface area (TPSA) is 90.9 Å². The Balaban J connectivity index is 2.76. The third-order valence-electron chi connectivity index (χ3n) is 2.58. The van der Waals surface area contributed by atoms with Gasteiger partial charge in [0, 0.05) is 24.7 Å². The largest absolute Gasteiger partial charge is 0.409 e. The highest BCUT2D eigenvalue weighted by atomic mass is 16.4. The van der Waals surface area contributed by atoms with Crippen LogP contribution in [0.4, 0.5) is 4.79 Å². The van der Waals surface area contributed by atoms with E-state index in [1.54, 1.807) is 30.1 Å². The molecular weight excluding hydrogens is 256 g/mol. The van der Waals surface area contributed by atoms with Crippen molar-refractivity contribution in [2.24, 2.45) is 10.9 Å². The van der Waals surface area contributed by atoms with Crippen LogP contribution in [0.1, 0.15) is 31.9 Å². The molecule has 4 N–H and O–H groups in total. The van der Waals surface area contributed by atoms with Gasteiger partial charge < -0.3 is 21.2 Å². The summed E-state index contributed by atoms with van der Waals surface area (Å²) in [6.07, 6.45) is 0. The van der Waals surface area contributed by atoms with Crippen molar-refractivity contribution in [2.45, 2.75) is 32.9 Å². The molecule has 0 aliphatic heterocycles. The van der Waals surface area contributed by atoms with Crippen molar-refractivity contribution in [2.75, 3.05) is 7.05 Å². The highest BCUT2D eigenvalue weighted by Crippen LogP contribution is 2.09. The van der Waals surface area contributed by atoms with E-state index in [9.17, 15) is 4.79 Å². The molecule has 1 rings (SSSR count). The lowest BCUT2D eigenvalue weighted by Gasteiger charge is -2.25. The monoisotopic (exact) mass is 278 g/mol. The lowest BCUT2D eigenvalue weighted by Crippen LogP contribution is -2.46. The van der Waals surface area contributed by atoms with Gasteiger partial charge in [-0.25, -0.2) is 4.79 Å². The molecule has 0 unspecified atom stereocenters. The van der Waals surface area contributed by atoms with Crippen molar-refractivity contribution in [3.63, 3.8) is 0 Å². The number of amidine groups is 1. The van der Waals surface area contributed by atoms with E-state index in [4.69, 9.17) is 10.9 Å². The summed E-state index contributed by atoms with van der Waals surface area (Å²) in [4.78, 5) is 13.5. The number of carbonyl (C=O) groups is 1. The Kier molecular flexibility index (Phi) is 4.96. The van der Waals surface area contributed by atoms with Crippen molar-refractivity contribution in [3.8, 4) is 0 Å². The first-order valence-corrected chi connectivity index (χ1v) is 6.33. The molecule has 0 bridgehead atoms. The number of amides is 2. The maximum atomic E-state index is 12.0. The van der Waals surface area contributed by atoms with Crippen LogP contribution in [-0.2, 0) is 6.54 Å². The van der Waals surface area contributed by atoms with Gasteiger partial charge in [-0.1, -0.05) is 23.4 Å². The van der Waals surface area contributed by atoms with Crippen LogP contribution in [0.2, 0.25) is 0 Å². The van der Waals surface area contributed by atoms with E-state index in [1.165, 1.54) is 0 Å². The van der Waals surface area contributed by atoms with E-state index in [0.717, 1.165) is 5.56 Å². The van der Waals surface area contributed by atoms with Gasteiger partial charge in [0.05, 0.1) is 0 Å². The van der Waals surface area contributed by atoms with Gasteiger partial charge in [0.1, 0.15) is 0 Å². The van der Waals surface area contributed by atoms with Crippen LogP contribution in [-0.4, -0.2) is 34.6 Å². The minimum atomic E-state index is -0.277. The molecular formula is C14H22N4O2. The molecule has 20 heavy (non-hydrogen) atoms. The fourth-order valence-electron chi connectivity index (χ4n) is 1.65. The number of carbonyl (C=O) groups excluding carboxylic acids is 1. The molecule has 110 valence electrons. The second kappa shape index (κ2) is 6.27. The van der Waals surface area contributed by atoms with E-state index in [1.807, 2.05) is 26.8 Å². The summed E-state index contributed by atoms with van der Waals surface area (Å²) in [5.74, 6) is 0.0497. The SMILES string of the molecule is CN(Cc1cccc(C(N)=NO)c1)C(=O)NC(C)(C)C. The average molecular weight is 278 g/mol. The summed E-state index contributed by atoms with van der Waals surface area (Å²) in [6.45, 7) is 6.22. The molecule has 0 aromatic heterocycles. The maximum Gasteiger partial charge on any atom is 0.317 e. The van der Waals surface area contributed by atoms with Crippen molar-refractivity contribution >= 4 is 11.9 Å². The molecule has 0 saturated carbocycles. The van der Waals surface area contributed by atoms with E-state index >= 15 is 0 Å². The molecule has 1 aromatic carbocycles. The van der Waals surface area contributed by atoms with Gasteiger partial charge in [0.2, 0.25) is 0 Å². The summed E-state index contributed by atoms with van der Waals surface area (Å²) in [5.41, 5.74) is 6.79. The number of benzene rings is 1. The number of hydrogen-bond acceptors (Lipinski definition) is 3. The third kappa shape index (κ3) is 4.79. The van der Waals surface area contributed by atoms with Crippen molar-refractivity contribution in [3.05, 3.63) is 35.4 Å². The second-order valence-corrected chi connectivity index (χ2v) is 5.72. The number of hydrogen-bond donors (Lipinski definition) is 3. The predicted molar refractivity (Wildman–Crippen MR) is 78.7 cm³/mol. The van der Waals surface area contributed by atoms with Gasteiger partial charge in [-0.15, -0.1) is 0 Å². The molecule has 0 aliphatic carbocycles. The highest BCUT2D eigenvalue weighted by Gasteiger charge is 2.17. The number of urea groups is 1. The summed E-state index contributed by atoms with van der Waals surface area (Å²) < 4.78 is 0. The highest BCUT2D eigenvalue weighted by molar-refractivity contribution is 5.97. The first kappa shape index (κ1) is 15.8. The van der Waals surface area contributed by atoms with Crippen LogP contribution < -0.4 is 11.1 Å². The minimum Gasteiger partial charge on any atom is -0.409 e. The molecule has 2 amide bonds. The quantitative estimate of drug-likeness (QED) is 0.340. The molecule has 0 fully saturated rings. The Hall–Kier alpha value is -2.24. The van der Waals surface area contributed by atoms with Crippen LogP contribution in [0.3, 0.4) is 0 Å². The van der Waals surface area contributed by atoms with Gasteiger partial charge in [0.25, 0.3) is 0 Å². The van der Waals surface area contributed by atoms with Crippen LogP contribution in [0.15, 0.2) is 29.4 Å². The first-order chi connectivity index (χ1) is 9.23.